The molecule has 0 aliphatic rings. The van der Waals surface area contributed by atoms with Gasteiger partial charge in [0, 0.05) is 20.1 Å². The summed E-state index contributed by atoms with van der Waals surface area (Å²) in [6.45, 7) is 3.17. The summed E-state index contributed by atoms with van der Waals surface area (Å²) >= 11 is 0. The molecule has 2 aromatic rings. The summed E-state index contributed by atoms with van der Waals surface area (Å²) < 4.78 is 31.9. The van der Waals surface area contributed by atoms with E-state index in [1.165, 1.54) is 18.2 Å². The molecule has 25 heavy (non-hydrogen) atoms. The van der Waals surface area contributed by atoms with Gasteiger partial charge in [0.05, 0.1) is 6.61 Å². The van der Waals surface area contributed by atoms with Crippen molar-refractivity contribution in [2.75, 3.05) is 13.7 Å². The molecule has 0 radical (unpaired) electrons. The van der Waals surface area contributed by atoms with Crippen LogP contribution in [-0.4, -0.2) is 19.6 Å². The number of guanidine groups is 1. The van der Waals surface area contributed by atoms with Gasteiger partial charge < -0.3 is 15.4 Å². The maximum Gasteiger partial charge on any atom is 0.191 e. The van der Waals surface area contributed by atoms with E-state index in [0.717, 1.165) is 11.1 Å². The fourth-order valence-electron chi connectivity index (χ4n) is 2.12. The first-order valence-electron chi connectivity index (χ1n) is 7.72. The van der Waals surface area contributed by atoms with Crippen molar-refractivity contribution >= 4 is 29.9 Å². The van der Waals surface area contributed by atoms with E-state index in [0.29, 0.717) is 25.7 Å². The third kappa shape index (κ3) is 6.85. The molecule has 0 saturated heterocycles. The Morgan fingerprint density at radius 2 is 1.60 bits per heavy atom. The first kappa shape index (κ1) is 21.1. The number of rotatable bonds is 6. The van der Waals surface area contributed by atoms with E-state index < -0.39 is 0 Å². The van der Waals surface area contributed by atoms with E-state index in [2.05, 4.69) is 15.6 Å². The summed E-state index contributed by atoms with van der Waals surface area (Å²) in [5, 5.41) is 6.22. The molecule has 0 atom stereocenters. The van der Waals surface area contributed by atoms with Crippen LogP contribution in [0.5, 0.6) is 5.75 Å². The van der Waals surface area contributed by atoms with Crippen LogP contribution in [0.4, 0.5) is 8.78 Å². The standard InChI is InChI=1S/C18H21F2N3O.HI/c1-3-24-17-9-6-14(10-16(17)20)12-23-18(21-2)22-11-13-4-7-15(19)8-5-13;/h4-10H,3,11-12H2,1-2H3,(H2,21,22,23);1H. The predicted molar refractivity (Wildman–Crippen MR) is 106 cm³/mol. The second-order valence-electron chi connectivity index (χ2n) is 5.10. The molecule has 7 heteroatoms. The lowest BCUT2D eigenvalue weighted by molar-refractivity contribution is 0.321. The first-order chi connectivity index (χ1) is 11.6. The molecule has 0 spiro atoms. The molecule has 2 aromatic carbocycles. The maximum atomic E-state index is 13.8. The lowest BCUT2D eigenvalue weighted by Gasteiger charge is -2.13. The van der Waals surface area contributed by atoms with Gasteiger partial charge in [-0.25, -0.2) is 8.78 Å². The first-order valence-corrected chi connectivity index (χ1v) is 7.72. The smallest absolute Gasteiger partial charge is 0.191 e. The highest BCUT2D eigenvalue weighted by atomic mass is 127. The van der Waals surface area contributed by atoms with E-state index >= 15 is 0 Å². The summed E-state index contributed by atoms with van der Waals surface area (Å²) in [7, 11) is 1.65. The predicted octanol–water partition coefficient (Wildman–Crippen LogP) is 3.85. The van der Waals surface area contributed by atoms with Crippen LogP contribution in [0.2, 0.25) is 0 Å². The molecule has 136 valence electrons. The normalized spacial score (nSPS) is 10.8. The van der Waals surface area contributed by atoms with Crippen molar-refractivity contribution in [2.24, 2.45) is 4.99 Å². The van der Waals surface area contributed by atoms with Crippen LogP contribution < -0.4 is 15.4 Å². The van der Waals surface area contributed by atoms with Crippen LogP contribution in [0, 0.1) is 11.6 Å². The molecule has 2 rings (SSSR count). The van der Waals surface area contributed by atoms with Gasteiger partial charge in [0.25, 0.3) is 0 Å². The number of aliphatic imine (C=N–C) groups is 1. The van der Waals surface area contributed by atoms with Crippen molar-refractivity contribution in [1.29, 1.82) is 0 Å². The van der Waals surface area contributed by atoms with Gasteiger partial charge in [-0.05, 0) is 42.3 Å². The summed E-state index contributed by atoms with van der Waals surface area (Å²) in [5.74, 6) is 0.179. The summed E-state index contributed by atoms with van der Waals surface area (Å²) in [4.78, 5) is 4.11. The number of benzene rings is 2. The van der Waals surface area contributed by atoms with Crippen LogP contribution in [0.3, 0.4) is 0 Å². The Kier molecular flexibility index (Phi) is 9.18. The highest BCUT2D eigenvalue weighted by Gasteiger charge is 2.05. The van der Waals surface area contributed by atoms with Crippen molar-refractivity contribution < 1.29 is 13.5 Å². The summed E-state index contributed by atoms with van der Waals surface area (Å²) in [6.07, 6.45) is 0. The molecule has 0 bridgehead atoms. The van der Waals surface area contributed by atoms with Gasteiger partial charge in [-0.1, -0.05) is 18.2 Å². The molecule has 0 saturated carbocycles. The molecule has 0 amide bonds. The average Bonchev–Trinajstić information content (AvgIpc) is 2.59. The van der Waals surface area contributed by atoms with Gasteiger partial charge in [0.15, 0.2) is 17.5 Å². The SMILES string of the molecule is CCOc1ccc(CNC(=NC)NCc2ccc(F)cc2)cc1F.I. The Bertz CT molecular complexity index is 693. The van der Waals surface area contributed by atoms with Gasteiger partial charge in [0.1, 0.15) is 5.82 Å². The molecule has 2 N–H and O–H groups in total. The van der Waals surface area contributed by atoms with Gasteiger partial charge >= 0.3 is 0 Å². The number of halogens is 3. The second kappa shape index (κ2) is 10.9. The van der Waals surface area contributed by atoms with E-state index in [4.69, 9.17) is 4.74 Å². The van der Waals surface area contributed by atoms with E-state index in [1.807, 2.05) is 6.92 Å². The zero-order chi connectivity index (χ0) is 17.4. The molecule has 0 fully saturated rings. The Labute approximate surface area is 163 Å². The fourth-order valence-corrected chi connectivity index (χ4v) is 2.12. The average molecular weight is 461 g/mol. The molecule has 0 heterocycles. The quantitative estimate of drug-likeness (QED) is 0.391. The molecule has 0 aliphatic carbocycles. The number of hydrogen-bond acceptors (Lipinski definition) is 2. The Balaban J connectivity index is 0.00000312. The molecule has 0 unspecified atom stereocenters. The monoisotopic (exact) mass is 461 g/mol. The fraction of sp³-hybridized carbons (Fsp3) is 0.278. The van der Waals surface area contributed by atoms with Crippen LogP contribution >= 0.6 is 24.0 Å². The molecular formula is C18H22F2IN3O. The van der Waals surface area contributed by atoms with Crippen LogP contribution in [0.15, 0.2) is 47.5 Å². The number of nitrogens with one attached hydrogen (secondary N) is 2. The van der Waals surface area contributed by atoms with Crippen LogP contribution in [-0.2, 0) is 13.1 Å². The third-order valence-corrected chi connectivity index (χ3v) is 3.35. The van der Waals surface area contributed by atoms with E-state index in [1.54, 1.807) is 31.3 Å². The zero-order valence-electron chi connectivity index (χ0n) is 14.2. The molecule has 0 aromatic heterocycles. The van der Waals surface area contributed by atoms with Gasteiger partial charge in [-0.15, -0.1) is 24.0 Å². The van der Waals surface area contributed by atoms with Crippen molar-refractivity contribution in [1.82, 2.24) is 10.6 Å². The van der Waals surface area contributed by atoms with Gasteiger partial charge in [-0.3, -0.25) is 4.99 Å². The molecular weight excluding hydrogens is 439 g/mol. The third-order valence-electron chi connectivity index (χ3n) is 3.35. The van der Waals surface area contributed by atoms with Crippen molar-refractivity contribution in [3.05, 3.63) is 65.2 Å². The minimum Gasteiger partial charge on any atom is -0.491 e. The molecule has 4 nitrogen and oxygen atoms in total. The zero-order valence-corrected chi connectivity index (χ0v) is 16.5. The van der Waals surface area contributed by atoms with Gasteiger partial charge in [0.2, 0.25) is 0 Å². The van der Waals surface area contributed by atoms with E-state index in [-0.39, 0.29) is 41.4 Å². The largest absolute Gasteiger partial charge is 0.491 e. The topological polar surface area (TPSA) is 45.6 Å². The summed E-state index contributed by atoms with van der Waals surface area (Å²) in [6, 6.07) is 11.1. The highest BCUT2D eigenvalue weighted by molar-refractivity contribution is 14.0. The minimum atomic E-state index is -0.384. The van der Waals surface area contributed by atoms with Crippen molar-refractivity contribution in [3.8, 4) is 5.75 Å². The maximum absolute atomic E-state index is 13.8. The molecule has 0 aliphatic heterocycles. The Hall–Kier alpha value is -1.90. The van der Waals surface area contributed by atoms with Crippen LogP contribution in [0.1, 0.15) is 18.1 Å². The minimum absolute atomic E-state index is 0. The van der Waals surface area contributed by atoms with Crippen molar-refractivity contribution in [3.63, 3.8) is 0 Å². The van der Waals surface area contributed by atoms with Crippen LogP contribution in [0.25, 0.3) is 0 Å². The van der Waals surface area contributed by atoms with Gasteiger partial charge in [-0.2, -0.15) is 0 Å². The number of nitrogens with zero attached hydrogens (tertiary/aromatic N) is 1. The van der Waals surface area contributed by atoms with Crippen molar-refractivity contribution in [2.45, 2.75) is 20.0 Å². The van der Waals surface area contributed by atoms with E-state index in [9.17, 15) is 8.78 Å². The lowest BCUT2D eigenvalue weighted by Crippen LogP contribution is -2.36. The second-order valence-corrected chi connectivity index (χ2v) is 5.10. The summed E-state index contributed by atoms with van der Waals surface area (Å²) in [5.41, 5.74) is 1.71. The highest BCUT2D eigenvalue weighted by Crippen LogP contribution is 2.18. The number of hydrogen-bond donors (Lipinski definition) is 2. The Morgan fingerprint density at radius 1 is 1.00 bits per heavy atom. The Morgan fingerprint density at radius 3 is 2.16 bits per heavy atom. The lowest BCUT2D eigenvalue weighted by atomic mass is 10.2. The number of ether oxygens (including phenoxy) is 1.